The Labute approximate surface area is 107 Å². The van der Waals surface area contributed by atoms with Gasteiger partial charge in [-0.1, -0.05) is 11.6 Å². The maximum absolute atomic E-state index is 11.3. The predicted molar refractivity (Wildman–Crippen MR) is 64.6 cm³/mol. The summed E-state index contributed by atoms with van der Waals surface area (Å²) in [6.07, 6.45) is 3.57. The minimum Gasteiger partial charge on any atom is -0.466 e. The van der Waals surface area contributed by atoms with Gasteiger partial charge < -0.3 is 4.74 Å². The van der Waals surface area contributed by atoms with Crippen LogP contribution in [-0.4, -0.2) is 27.3 Å². The van der Waals surface area contributed by atoms with Crippen molar-refractivity contribution in [2.75, 3.05) is 6.61 Å². The Balaban J connectivity index is 2.08. The molecule has 0 aromatic carbocycles. The molecule has 0 saturated heterocycles. The zero-order chi connectivity index (χ0) is 12.3. The van der Waals surface area contributed by atoms with Gasteiger partial charge in [0.25, 0.3) is 0 Å². The van der Waals surface area contributed by atoms with Gasteiger partial charge >= 0.3 is 5.97 Å². The molecular formula is C10H10ClN3O2S. The molecule has 0 bridgehead atoms. The topological polar surface area (TPSA) is 57.0 Å². The summed E-state index contributed by atoms with van der Waals surface area (Å²) in [5, 5.41) is 5.90. The largest absolute Gasteiger partial charge is 0.466 e. The fourth-order valence-corrected chi connectivity index (χ4v) is 2.03. The highest BCUT2D eigenvalue weighted by Crippen LogP contribution is 2.18. The number of thiazole rings is 1. The van der Waals surface area contributed by atoms with Crippen LogP contribution in [0.1, 0.15) is 12.5 Å². The number of esters is 1. The molecule has 2 rings (SSSR count). The highest BCUT2D eigenvalue weighted by Gasteiger charge is 2.08. The Hall–Kier alpha value is -1.40. The van der Waals surface area contributed by atoms with Gasteiger partial charge in [-0.15, -0.1) is 11.3 Å². The fourth-order valence-electron chi connectivity index (χ4n) is 1.30. The average molecular weight is 272 g/mol. The van der Waals surface area contributed by atoms with E-state index in [0.717, 1.165) is 5.56 Å². The van der Waals surface area contributed by atoms with Crippen molar-refractivity contribution in [3.05, 3.63) is 27.8 Å². The van der Waals surface area contributed by atoms with Crippen molar-refractivity contribution in [1.29, 1.82) is 0 Å². The number of rotatable bonds is 4. The van der Waals surface area contributed by atoms with E-state index in [1.807, 2.05) is 0 Å². The summed E-state index contributed by atoms with van der Waals surface area (Å²) < 4.78 is 6.90. The molecular weight excluding hydrogens is 262 g/mol. The van der Waals surface area contributed by atoms with Crippen molar-refractivity contribution in [1.82, 2.24) is 14.8 Å². The number of nitrogens with zero attached hydrogens (tertiary/aromatic N) is 3. The fraction of sp³-hybridized carbons (Fsp3) is 0.300. The summed E-state index contributed by atoms with van der Waals surface area (Å²) in [4.78, 5) is 15.3. The van der Waals surface area contributed by atoms with E-state index in [1.54, 1.807) is 29.4 Å². The van der Waals surface area contributed by atoms with Gasteiger partial charge in [-0.05, 0) is 6.92 Å². The summed E-state index contributed by atoms with van der Waals surface area (Å²) in [5.41, 5.74) is 0.785. The van der Waals surface area contributed by atoms with Crippen LogP contribution in [0.2, 0.25) is 4.47 Å². The molecule has 2 aromatic heterocycles. The molecule has 7 heteroatoms. The number of ether oxygens (including phenoxy) is 1. The Morgan fingerprint density at radius 3 is 3.12 bits per heavy atom. The standard InChI is InChI=1S/C10H10ClN3O2S/c1-2-16-9(15)3-7-4-12-14(5-7)8-6-17-10(11)13-8/h4-6H,2-3H2,1H3. The number of hydrogen-bond donors (Lipinski definition) is 0. The van der Waals surface area contributed by atoms with Crippen molar-refractivity contribution < 1.29 is 9.53 Å². The van der Waals surface area contributed by atoms with Crippen LogP contribution in [0.3, 0.4) is 0 Å². The Morgan fingerprint density at radius 1 is 1.65 bits per heavy atom. The Bertz CT molecular complexity index is 523. The average Bonchev–Trinajstić information content (AvgIpc) is 2.87. The lowest BCUT2D eigenvalue weighted by Crippen LogP contribution is -2.06. The van der Waals surface area contributed by atoms with E-state index in [4.69, 9.17) is 16.3 Å². The summed E-state index contributed by atoms with van der Waals surface area (Å²) >= 11 is 7.07. The van der Waals surface area contributed by atoms with Gasteiger partial charge in [-0.25, -0.2) is 9.67 Å². The second kappa shape index (κ2) is 5.29. The zero-order valence-electron chi connectivity index (χ0n) is 9.09. The van der Waals surface area contributed by atoms with Crippen molar-refractivity contribution >= 4 is 28.9 Å². The van der Waals surface area contributed by atoms with Crippen molar-refractivity contribution in [2.24, 2.45) is 0 Å². The lowest BCUT2D eigenvalue weighted by atomic mass is 10.3. The molecule has 0 amide bonds. The van der Waals surface area contributed by atoms with Gasteiger partial charge in [0.05, 0.1) is 19.2 Å². The summed E-state index contributed by atoms with van der Waals surface area (Å²) in [7, 11) is 0. The monoisotopic (exact) mass is 271 g/mol. The first kappa shape index (κ1) is 12.1. The number of hydrogen-bond acceptors (Lipinski definition) is 5. The molecule has 5 nitrogen and oxygen atoms in total. The molecule has 0 N–H and O–H groups in total. The van der Waals surface area contributed by atoms with Gasteiger partial charge in [0.2, 0.25) is 0 Å². The molecule has 0 aliphatic rings. The van der Waals surface area contributed by atoms with E-state index in [0.29, 0.717) is 16.9 Å². The van der Waals surface area contributed by atoms with E-state index in [-0.39, 0.29) is 12.4 Å². The van der Waals surface area contributed by atoms with Gasteiger partial charge in [0.1, 0.15) is 0 Å². The lowest BCUT2D eigenvalue weighted by Gasteiger charge is -1.98. The molecule has 0 saturated carbocycles. The Morgan fingerprint density at radius 2 is 2.47 bits per heavy atom. The normalized spacial score (nSPS) is 10.5. The van der Waals surface area contributed by atoms with Crippen LogP contribution in [0.5, 0.6) is 0 Å². The predicted octanol–water partition coefficient (Wildman–Crippen LogP) is 2.09. The molecule has 0 spiro atoms. The van der Waals surface area contributed by atoms with Gasteiger partial charge in [0.15, 0.2) is 10.3 Å². The van der Waals surface area contributed by atoms with Crippen LogP contribution in [0.15, 0.2) is 17.8 Å². The first-order valence-electron chi connectivity index (χ1n) is 4.99. The number of halogens is 1. The highest BCUT2D eigenvalue weighted by atomic mass is 35.5. The first-order valence-corrected chi connectivity index (χ1v) is 6.25. The number of carbonyl (C=O) groups excluding carboxylic acids is 1. The molecule has 0 atom stereocenters. The smallest absolute Gasteiger partial charge is 0.310 e. The van der Waals surface area contributed by atoms with Gasteiger partial charge in [-0.3, -0.25) is 4.79 Å². The number of aromatic nitrogens is 3. The van der Waals surface area contributed by atoms with Crippen LogP contribution >= 0.6 is 22.9 Å². The van der Waals surface area contributed by atoms with E-state index in [1.165, 1.54) is 11.3 Å². The van der Waals surface area contributed by atoms with Gasteiger partial charge in [-0.2, -0.15) is 5.10 Å². The molecule has 0 aliphatic carbocycles. The summed E-state index contributed by atoms with van der Waals surface area (Å²) in [6, 6.07) is 0. The van der Waals surface area contributed by atoms with Crippen LogP contribution in [0.4, 0.5) is 0 Å². The van der Waals surface area contributed by atoms with Gasteiger partial charge in [0, 0.05) is 17.1 Å². The lowest BCUT2D eigenvalue weighted by molar-refractivity contribution is -0.142. The molecule has 17 heavy (non-hydrogen) atoms. The molecule has 2 aromatic rings. The van der Waals surface area contributed by atoms with Crippen LogP contribution in [0.25, 0.3) is 5.82 Å². The molecule has 2 heterocycles. The van der Waals surface area contributed by atoms with Crippen LogP contribution < -0.4 is 0 Å². The highest BCUT2D eigenvalue weighted by molar-refractivity contribution is 7.14. The molecule has 0 fully saturated rings. The van der Waals surface area contributed by atoms with Crippen molar-refractivity contribution in [3.8, 4) is 5.82 Å². The summed E-state index contributed by atoms with van der Waals surface area (Å²) in [5.74, 6) is 0.387. The Kier molecular flexibility index (Phi) is 3.75. The third kappa shape index (κ3) is 3.04. The molecule has 0 unspecified atom stereocenters. The maximum atomic E-state index is 11.3. The molecule has 0 aliphatic heterocycles. The third-order valence-electron chi connectivity index (χ3n) is 1.99. The van der Waals surface area contributed by atoms with E-state index >= 15 is 0 Å². The van der Waals surface area contributed by atoms with Crippen LogP contribution in [-0.2, 0) is 16.0 Å². The quantitative estimate of drug-likeness (QED) is 0.799. The zero-order valence-corrected chi connectivity index (χ0v) is 10.7. The first-order chi connectivity index (χ1) is 8.19. The third-order valence-corrected chi connectivity index (χ3v) is 2.95. The SMILES string of the molecule is CCOC(=O)Cc1cnn(-c2csc(Cl)n2)c1. The van der Waals surface area contributed by atoms with E-state index in [9.17, 15) is 4.79 Å². The van der Waals surface area contributed by atoms with Crippen molar-refractivity contribution in [3.63, 3.8) is 0 Å². The number of carbonyl (C=O) groups is 1. The second-order valence-electron chi connectivity index (χ2n) is 3.23. The minimum absolute atomic E-state index is 0.214. The maximum Gasteiger partial charge on any atom is 0.310 e. The minimum atomic E-state index is -0.261. The van der Waals surface area contributed by atoms with Crippen molar-refractivity contribution in [2.45, 2.75) is 13.3 Å². The van der Waals surface area contributed by atoms with Crippen LogP contribution in [0, 0.1) is 0 Å². The summed E-state index contributed by atoms with van der Waals surface area (Å²) in [6.45, 7) is 2.16. The van der Waals surface area contributed by atoms with E-state index < -0.39 is 0 Å². The molecule has 90 valence electrons. The second-order valence-corrected chi connectivity index (χ2v) is 4.67. The van der Waals surface area contributed by atoms with E-state index in [2.05, 4.69) is 10.1 Å². The molecule has 0 radical (unpaired) electrons.